The van der Waals surface area contributed by atoms with Gasteiger partial charge in [0.05, 0.1) is 6.26 Å². The maximum absolute atomic E-state index is 11.9. The number of nitrogens with two attached hydrogens (primary N) is 1. The maximum atomic E-state index is 11.9. The van der Waals surface area contributed by atoms with E-state index in [1.807, 2.05) is 0 Å². The molecule has 0 aliphatic carbocycles. The summed E-state index contributed by atoms with van der Waals surface area (Å²) in [5.41, 5.74) is 5.42. The second-order valence-electron chi connectivity index (χ2n) is 5.82. The van der Waals surface area contributed by atoms with Crippen LogP contribution < -0.4 is 5.73 Å². The van der Waals surface area contributed by atoms with Gasteiger partial charge < -0.3 is 5.73 Å². The Balaban J connectivity index is 2.24. The number of carbonyl (C=O) groups is 1. The molecule has 1 saturated heterocycles. The quantitative estimate of drug-likeness (QED) is 0.655. The molecule has 0 aromatic heterocycles. The van der Waals surface area contributed by atoms with E-state index >= 15 is 0 Å². The minimum absolute atomic E-state index is 0.204. The number of Topliss-reactive ketones (excluding diaryl/α,β-unsaturated/α-hetero) is 1. The van der Waals surface area contributed by atoms with Gasteiger partial charge in [0.2, 0.25) is 10.0 Å². The summed E-state index contributed by atoms with van der Waals surface area (Å²) in [6.07, 6.45) is 8.34. The summed E-state index contributed by atoms with van der Waals surface area (Å²) >= 11 is 0. The monoisotopic (exact) mass is 304 g/mol. The van der Waals surface area contributed by atoms with Gasteiger partial charge in [-0.15, -0.1) is 0 Å². The summed E-state index contributed by atoms with van der Waals surface area (Å²) in [6.45, 7) is 1.83. The third kappa shape index (κ3) is 6.81. The van der Waals surface area contributed by atoms with Crippen molar-refractivity contribution in [1.29, 1.82) is 0 Å². The summed E-state index contributed by atoms with van der Waals surface area (Å²) in [4.78, 5) is 11.9. The largest absolute Gasteiger partial charge is 0.330 e. The molecule has 1 heterocycles. The van der Waals surface area contributed by atoms with E-state index in [1.54, 1.807) is 0 Å². The van der Waals surface area contributed by atoms with Crippen molar-refractivity contribution in [2.24, 2.45) is 11.7 Å². The van der Waals surface area contributed by atoms with Gasteiger partial charge in [0.15, 0.2) is 0 Å². The summed E-state index contributed by atoms with van der Waals surface area (Å²) < 4.78 is 24.6. The Morgan fingerprint density at radius 2 is 1.95 bits per heavy atom. The van der Waals surface area contributed by atoms with E-state index in [0.29, 0.717) is 25.9 Å². The Morgan fingerprint density at radius 3 is 2.60 bits per heavy atom. The SMILES string of the molecule is CS(=O)(=O)N1CCCC(CC(=O)CCCCCCN)C1. The minimum atomic E-state index is -3.11. The zero-order valence-electron chi connectivity index (χ0n) is 12.5. The van der Waals surface area contributed by atoms with Gasteiger partial charge in [-0.2, -0.15) is 0 Å². The van der Waals surface area contributed by atoms with E-state index in [2.05, 4.69) is 0 Å². The summed E-state index contributed by atoms with van der Waals surface area (Å²) in [5, 5.41) is 0. The van der Waals surface area contributed by atoms with Crippen LogP contribution in [0.25, 0.3) is 0 Å². The molecule has 1 unspecified atom stereocenters. The summed E-state index contributed by atoms with van der Waals surface area (Å²) in [6, 6.07) is 0. The van der Waals surface area contributed by atoms with Crippen LogP contribution in [0.3, 0.4) is 0 Å². The molecular weight excluding hydrogens is 276 g/mol. The molecule has 0 radical (unpaired) electrons. The van der Waals surface area contributed by atoms with Crippen molar-refractivity contribution in [2.45, 2.75) is 51.4 Å². The van der Waals surface area contributed by atoms with E-state index < -0.39 is 10.0 Å². The molecule has 1 fully saturated rings. The zero-order valence-corrected chi connectivity index (χ0v) is 13.3. The second-order valence-corrected chi connectivity index (χ2v) is 7.81. The predicted octanol–water partition coefficient (Wildman–Crippen LogP) is 1.53. The predicted molar refractivity (Wildman–Crippen MR) is 80.9 cm³/mol. The molecule has 0 spiro atoms. The third-order valence-corrected chi connectivity index (χ3v) is 5.15. The highest BCUT2D eigenvalue weighted by Gasteiger charge is 2.26. The highest BCUT2D eigenvalue weighted by Crippen LogP contribution is 2.22. The van der Waals surface area contributed by atoms with Gasteiger partial charge in [0.25, 0.3) is 0 Å². The maximum Gasteiger partial charge on any atom is 0.211 e. The van der Waals surface area contributed by atoms with Crippen molar-refractivity contribution < 1.29 is 13.2 Å². The number of rotatable bonds is 9. The van der Waals surface area contributed by atoms with Gasteiger partial charge in [-0.05, 0) is 38.1 Å². The summed E-state index contributed by atoms with van der Waals surface area (Å²) in [5.74, 6) is 0.480. The smallest absolute Gasteiger partial charge is 0.211 e. The molecule has 1 atom stereocenters. The zero-order chi connectivity index (χ0) is 15.0. The third-order valence-electron chi connectivity index (χ3n) is 3.88. The van der Waals surface area contributed by atoms with Crippen LogP contribution in [-0.4, -0.2) is 44.4 Å². The van der Waals surface area contributed by atoms with Gasteiger partial charge in [0.1, 0.15) is 5.78 Å². The number of sulfonamides is 1. The minimum Gasteiger partial charge on any atom is -0.330 e. The first-order chi connectivity index (χ1) is 9.43. The Hall–Kier alpha value is -0.460. The van der Waals surface area contributed by atoms with Crippen LogP contribution in [0, 0.1) is 5.92 Å². The standard InChI is InChI=1S/C14H28N2O3S/c1-20(18,19)16-10-6-7-13(12-16)11-14(17)8-4-2-3-5-9-15/h13H,2-12,15H2,1H3. The fourth-order valence-electron chi connectivity index (χ4n) is 2.74. The van der Waals surface area contributed by atoms with Crippen LogP contribution in [0.4, 0.5) is 0 Å². The van der Waals surface area contributed by atoms with E-state index in [0.717, 1.165) is 45.1 Å². The van der Waals surface area contributed by atoms with Crippen LogP contribution >= 0.6 is 0 Å². The summed E-state index contributed by atoms with van der Waals surface area (Å²) in [7, 11) is -3.11. The lowest BCUT2D eigenvalue weighted by atomic mass is 9.92. The highest BCUT2D eigenvalue weighted by molar-refractivity contribution is 7.88. The van der Waals surface area contributed by atoms with Gasteiger partial charge in [-0.25, -0.2) is 12.7 Å². The van der Waals surface area contributed by atoms with Crippen LogP contribution in [0.2, 0.25) is 0 Å². The molecule has 0 aromatic rings. The molecular formula is C14H28N2O3S. The molecule has 1 aliphatic heterocycles. The molecule has 0 amide bonds. The van der Waals surface area contributed by atoms with Crippen molar-refractivity contribution in [3.63, 3.8) is 0 Å². The number of nitrogens with zero attached hydrogens (tertiary/aromatic N) is 1. The molecule has 118 valence electrons. The van der Waals surface area contributed by atoms with Gasteiger partial charge in [-0.1, -0.05) is 12.8 Å². The van der Waals surface area contributed by atoms with Gasteiger partial charge in [0, 0.05) is 25.9 Å². The number of ketones is 1. The van der Waals surface area contributed by atoms with Crippen molar-refractivity contribution in [2.75, 3.05) is 25.9 Å². The lowest BCUT2D eigenvalue weighted by molar-refractivity contribution is -0.120. The fourth-order valence-corrected chi connectivity index (χ4v) is 3.68. The Labute approximate surface area is 122 Å². The van der Waals surface area contributed by atoms with E-state index in [-0.39, 0.29) is 11.7 Å². The van der Waals surface area contributed by atoms with Crippen LogP contribution in [-0.2, 0) is 14.8 Å². The first-order valence-corrected chi connectivity index (χ1v) is 9.45. The molecule has 1 aliphatic rings. The van der Waals surface area contributed by atoms with Crippen molar-refractivity contribution in [3.8, 4) is 0 Å². The topological polar surface area (TPSA) is 80.5 Å². The fraction of sp³-hybridized carbons (Fsp3) is 0.929. The van der Waals surface area contributed by atoms with Gasteiger partial charge in [-0.3, -0.25) is 4.79 Å². The van der Waals surface area contributed by atoms with Crippen molar-refractivity contribution in [1.82, 2.24) is 4.31 Å². The van der Waals surface area contributed by atoms with E-state index in [9.17, 15) is 13.2 Å². The average molecular weight is 304 g/mol. The number of hydrogen-bond acceptors (Lipinski definition) is 4. The lowest BCUT2D eigenvalue weighted by Gasteiger charge is -2.30. The molecule has 6 heteroatoms. The molecule has 0 aromatic carbocycles. The Bertz CT molecular complexity index is 395. The number of carbonyl (C=O) groups excluding carboxylic acids is 1. The van der Waals surface area contributed by atoms with E-state index in [1.165, 1.54) is 10.6 Å². The Morgan fingerprint density at radius 1 is 1.25 bits per heavy atom. The van der Waals surface area contributed by atoms with Crippen LogP contribution in [0.15, 0.2) is 0 Å². The lowest BCUT2D eigenvalue weighted by Crippen LogP contribution is -2.39. The second kappa shape index (κ2) is 8.74. The molecule has 20 heavy (non-hydrogen) atoms. The number of piperidine rings is 1. The molecule has 0 bridgehead atoms. The van der Waals surface area contributed by atoms with E-state index in [4.69, 9.17) is 5.73 Å². The number of hydrogen-bond donors (Lipinski definition) is 1. The van der Waals surface area contributed by atoms with Crippen LogP contribution in [0.1, 0.15) is 51.4 Å². The number of unbranched alkanes of at least 4 members (excludes halogenated alkanes) is 3. The molecule has 1 rings (SSSR count). The van der Waals surface area contributed by atoms with Gasteiger partial charge >= 0.3 is 0 Å². The van der Waals surface area contributed by atoms with Crippen molar-refractivity contribution >= 4 is 15.8 Å². The Kier molecular flexibility index (Phi) is 7.69. The van der Waals surface area contributed by atoms with Crippen molar-refractivity contribution in [3.05, 3.63) is 0 Å². The molecule has 5 nitrogen and oxygen atoms in total. The first-order valence-electron chi connectivity index (χ1n) is 7.60. The molecule has 0 saturated carbocycles. The normalized spacial score (nSPS) is 21.0. The first kappa shape index (κ1) is 17.6. The average Bonchev–Trinajstić information content (AvgIpc) is 2.38. The molecule has 2 N–H and O–H groups in total. The highest BCUT2D eigenvalue weighted by atomic mass is 32.2. The van der Waals surface area contributed by atoms with Crippen LogP contribution in [0.5, 0.6) is 0 Å².